The van der Waals surface area contributed by atoms with Gasteiger partial charge in [-0.05, 0) is 48.2 Å². The van der Waals surface area contributed by atoms with Crippen LogP contribution in [0.15, 0.2) is 52.1 Å². The molecule has 126 valence electrons. The molecule has 3 aromatic rings. The Bertz CT molecular complexity index is 945. The van der Waals surface area contributed by atoms with Crippen molar-refractivity contribution in [3.63, 3.8) is 0 Å². The number of rotatable bonds is 3. The molecule has 1 aromatic carbocycles. The van der Waals surface area contributed by atoms with Crippen molar-refractivity contribution in [2.45, 2.75) is 13.1 Å². The SMILES string of the molecule is CN(C)Cc1nnc2n1-c1c(Br)cccc1C(c1ccccn1)=NC2. The highest BCUT2D eigenvalue weighted by molar-refractivity contribution is 9.10. The summed E-state index contributed by atoms with van der Waals surface area (Å²) in [5.41, 5.74) is 3.76. The average Bonchev–Trinajstić information content (AvgIpc) is 2.89. The molecule has 2 aromatic heterocycles. The number of hydrogen-bond donors (Lipinski definition) is 0. The number of benzene rings is 1. The van der Waals surface area contributed by atoms with Crippen LogP contribution in [0.2, 0.25) is 0 Å². The summed E-state index contributed by atoms with van der Waals surface area (Å²) in [6, 6.07) is 12.0. The quantitative estimate of drug-likeness (QED) is 0.682. The van der Waals surface area contributed by atoms with Crippen LogP contribution in [0.1, 0.15) is 22.9 Å². The highest BCUT2D eigenvalue weighted by Gasteiger charge is 2.25. The number of pyridine rings is 1. The number of para-hydroxylation sites is 1. The monoisotopic (exact) mass is 396 g/mol. The minimum atomic E-state index is 0.466. The van der Waals surface area contributed by atoms with Gasteiger partial charge in [0.15, 0.2) is 11.6 Å². The molecule has 4 rings (SSSR count). The highest BCUT2D eigenvalue weighted by Crippen LogP contribution is 2.31. The Kier molecular flexibility index (Phi) is 4.19. The van der Waals surface area contributed by atoms with Crippen LogP contribution in [0.25, 0.3) is 5.69 Å². The summed E-state index contributed by atoms with van der Waals surface area (Å²) in [6.45, 7) is 1.17. The van der Waals surface area contributed by atoms with Crippen LogP contribution >= 0.6 is 15.9 Å². The molecule has 3 heterocycles. The van der Waals surface area contributed by atoms with Crippen LogP contribution in [0.3, 0.4) is 0 Å². The van der Waals surface area contributed by atoms with Gasteiger partial charge in [-0.2, -0.15) is 0 Å². The van der Waals surface area contributed by atoms with E-state index < -0.39 is 0 Å². The first kappa shape index (κ1) is 16.1. The molecule has 0 N–H and O–H groups in total. The fourth-order valence-electron chi connectivity index (χ4n) is 2.99. The van der Waals surface area contributed by atoms with E-state index in [0.717, 1.165) is 38.8 Å². The first-order valence-corrected chi connectivity index (χ1v) is 8.77. The molecule has 6 nitrogen and oxygen atoms in total. The lowest BCUT2D eigenvalue weighted by Crippen LogP contribution is -2.17. The highest BCUT2D eigenvalue weighted by atomic mass is 79.9. The zero-order valence-corrected chi connectivity index (χ0v) is 15.6. The van der Waals surface area contributed by atoms with Gasteiger partial charge < -0.3 is 4.90 Å². The molecule has 0 atom stereocenters. The first-order valence-electron chi connectivity index (χ1n) is 7.98. The van der Waals surface area contributed by atoms with Crippen LogP contribution in [-0.4, -0.2) is 44.5 Å². The number of nitrogens with zero attached hydrogens (tertiary/aromatic N) is 6. The summed E-state index contributed by atoms with van der Waals surface area (Å²) in [6.07, 6.45) is 1.79. The van der Waals surface area contributed by atoms with E-state index in [9.17, 15) is 0 Å². The minimum Gasteiger partial charge on any atom is -0.302 e. The predicted molar refractivity (Wildman–Crippen MR) is 100 cm³/mol. The third-order valence-electron chi connectivity index (χ3n) is 4.01. The summed E-state index contributed by atoms with van der Waals surface area (Å²) in [5, 5.41) is 8.76. The van der Waals surface area contributed by atoms with Crippen LogP contribution in [-0.2, 0) is 13.1 Å². The van der Waals surface area contributed by atoms with E-state index in [0.29, 0.717) is 13.1 Å². The Morgan fingerprint density at radius 3 is 2.76 bits per heavy atom. The largest absolute Gasteiger partial charge is 0.302 e. The van der Waals surface area contributed by atoms with E-state index in [-0.39, 0.29) is 0 Å². The van der Waals surface area contributed by atoms with E-state index >= 15 is 0 Å². The van der Waals surface area contributed by atoms with E-state index in [4.69, 9.17) is 4.99 Å². The maximum Gasteiger partial charge on any atom is 0.159 e. The molecule has 1 aliphatic rings. The number of halogens is 1. The average molecular weight is 397 g/mol. The van der Waals surface area contributed by atoms with Crippen molar-refractivity contribution in [1.82, 2.24) is 24.6 Å². The number of aromatic nitrogens is 4. The fourth-order valence-corrected chi connectivity index (χ4v) is 3.53. The topological polar surface area (TPSA) is 59.2 Å². The second-order valence-electron chi connectivity index (χ2n) is 6.12. The summed E-state index contributed by atoms with van der Waals surface area (Å²) in [5.74, 6) is 1.72. The lowest BCUT2D eigenvalue weighted by atomic mass is 10.0. The summed E-state index contributed by atoms with van der Waals surface area (Å²) in [4.78, 5) is 11.4. The van der Waals surface area contributed by atoms with Crippen molar-refractivity contribution in [1.29, 1.82) is 0 Å². The second-order valence-corrected chi connectivity index (χ2v) is 6.98. The molecule has 0 unspecified atom stereocenters. The van der Waals surface area contributed by atoms with Crippen molar-refractivity contribution in [3.8, 4) is 5.69 Å². The zero-order valence-electron chi connectivity index (χ0n) is 14.0. The molecule has 0 spiro atoms. The van der Waals surface area contributed by atoms with Crippen LogP contribution < -0.4 is 0 Å². The van der Waals surface area contributed by atoms with Gasteiger partial charge in [-0.1, -0.05) is 18.2 Å². The lowest BCUT2D eigenvalue weighted by Gasteiger charge is -2.16. The van der Waals surface area contributed by atoms with Crippen molar-refractivity contribution >= 4 is 21.6 Å². The molecule has 25 heavy (non-hydrogen) atoms. The molecule has 0 fully saturated rings. The Labute approximate surface area is 154 Å². The van der Waals surface area contributed by atoms with Crippen LogP contribution in [0.5, 0.6) is 0 Å². The summed E-state index contributed by atoms with van der Waals surface area (Å²) < 4.78 is 3.09. The van der Waals surface area contributed by atoms with Crippen molar-refractivity contribution in [3.05, 3.63) is 70.0 Å². The second kappa shape index (κ2) is 6.50. The maximum absolute atomic E-state index is 4.81. The van der Waals surface area contributed by atoms with E-state index in [1.165, 1.54) is 0 Å². The number of fused-ring (bicyclic) bond motifs is 3. The summed E-state index contributed by atoms with van der Waals surface area (Å²) in [7, 11) is 4.05. The fraction of sp³-hybridized carbons (Fsp3) is 0.222. The van der Waals surface area contributed by atoms with Gasteiger partial charge in [0.1, 0.15) is 6.54 Å². The van der Waals surface area contributed by atoms with E-state index in [1.54, 1.807) is 6.20 Å². The molecular formula is C18H17BrN6. The molecular weight excluding hydrogens is 380 g/mol. The standard InChI is InChI=1S/C18H17BrN6/c1-24(2)11-16-23-22-15-10-21-17(14-8-3-4-9-20-14)12-6-5-7-13(19)18(12)25(15)16/h3-9H,10-11H2,1-2H3. The maximum atomic E-state index is 4.81. The normalized spacial score (nSPS) is 13.2. The van der Waals surface area contributed by atoms with Gasteiger partial charge in [-0.25, -0.2) is 0 Å². The molecule has 0 saturated carbocycles. The van der Waals surface area contributed by atoms with Crippen LogP contribution in [0.4, 0.5) is 0 Å². The van der Waals surface area contributed by atoms with Gasteiger partial charge in [-0.15, -0.1) is 10.2 Å². The third kappa shape index (κ3) is 2.89. The number of aliphatic imine (C=N–C) groups is 1. The molecule has 0 amide bonds. The van der Waals surface area contributed by atoms with Gasteiger partial charge in [0, 0.05) is 16.2 Å². The van der Waals surface area contributed by atoms with Gasteiger partial charge in [0.05, 0.1) is 23.6 Å². The molecule has 0 bridgehead atoms. The summed E-state index contributed by atoms with van der Waals surface area (Å²) >= 11 is 3.71. The van der Waals surface area contributed by atoms with Crippen molar-refractivity contribution in [2.24, 2.45) is 4.99 Å². The Balaban J connectivity index is 1.96. The smallest absolute Gasteiger partial charge is 0.159 e. The third-order valence-corrected chi connectivity index (χ3v) is 4.65. The van der Waals surface area contributed by atoms with Gasteiger partial charge in [-0.3, -0.25) is 14.5 Å². The first-order chi connectivity index (χ1) is 12.1. The van der Waals surface area contributed by atoms with Crippen molar-refractivity contribution < 1.29 is 0 Å². The Morgan fingerprint density at radius 2 is 2.00 bits per heavy atom. The van der Waals surface area contributed by atoms with Gasteiger partial charge in [0.2, 0.25) is 0 Å². The Morgan fingerprint density at radius 1 is 1.12 bits per heavy atom. The predicted octanol–water partition coefficient (Wildman–Crippen LogP) is 2.84. The minimum absolute atomic E-state index is 0.466. The van der Waals surface area contributed by atoms with E-state index in [2.05, 4.69) is 46.6 Å². The lowest BCUT2D eigenvalue weighted by molar-refractivity contribution is 0.387. The zero-order chi connectivity index (χ0) is 17.4. The van der Waals surface area contributed by atoms with E-state index in [1.807, 2.05) is 44.4 Å². The van der Waals surface area contributed by atoms with Crippen LogP contribution in [0, 0.1) is 0 Å². The van der Waals surface area contributed by atoms with Crippen molar-refractivity contribution in [2.75, 3.05) is 14.1 Å². The molecule has 1 aliphatic heterocycles. The molecule has 0 saturated heterocycles. The van der Waals surface area contributed by atoms with Gasteiger partial charge in [0.25, 0.3) is 0 Å². The van der Waals surface area contributed by atoms with Gasteiger partial charge >= 0.3 is 0 Å². The number of hydrogen-bond acceptors (Lipinski definition) is 5. The Hall–Kier alpha value is -2.38. The molecule has 7 heteroatoms. The molecule has 0 aliphatic carbocycles. The molecule has 0 radical (unpaired) electrons.